The highest BCUT2D eigenvalue weighted by Gasteiger charge is 2.25. The lowest BCUT2D eigenvalue weighted by molar-refractivity contribution is 0.194. The molecule has 0 amide bonds. The van der Waals surface area contributed by atoms with E-state index in [1.54, 1.807) is 6.20 Å². The van der Waals surface area contributed by atoms with Crippen LogP contribution in [-0.4, -0.2) is 37.6 Å². The van der Waals surface area contributed by atoms with E-state index >= 15 is 0 Å². The van der Waals surface area contributed by atoms with Crippen LogP contribution in [0.25, 0.3) is 5.65 Å². The van der Waals surface area contributed by atoms with Crippen LogP contribution in [0.1, 0.15) is 41.1 Å². The SMILES string of the molecule is Cc1cnn2c(NCc3cccnc3)cc(C3CCCN(Cc4c(F)cccc4F)C3)nc12. The van der Waals surface area contributed by atoms with Crippen LogP contribution < -0.4 is 5.32 Å². The number of nitrogens with zero attached hydrogens (tertiary/aromatic N) is 5. The van der Waals surface area contributed by atoms with Crippen molar-refractivity contribution in [3.05, 3.63) is 89.0 Å². The highest BCUT2D eigenvalue weighted by Crippen LogP contribution is 2.30. The highest BCUT2D eigenvalue weighted by atomic mass is 19.1. The Hall–Kier alpha value is -3.39. The molecule has 6 nitrogen and oxygen atoms in total. The lowest BCUT2D eigenvalue weighted by atomic mass is 9.94. The van der Waals surface area contributed by atoms with Crippen molar-refractivity contribution >= 4 is 11.5 Å². The molecule has 170 valence electrons. The standard InChI is InChI=1S/C25H26F2N6/c1-17-12-30-33-24(29-14-18-5-3-9-28-13-18)11-23(31-25(17)33)19-6-4-10-32(15-19)16-20-21(26)7-2-8-22(20)27/h2-3,5,7-9,11-13,19,29H,4,6,10,14-16H2,1H3. The molecule has 5 rings (SSSR count). The van der Waals surface area contributed by atoms with Gasteiger partial charge in [-0.1, -0.05) is 12.1 Å². The highest BCUT2D eigenvalue weighted by molar-refractivity contribution is 5.54. The van der Waals surface area contributed by atoms with Crippen LogP contribution in [0.2, 0.25) is 0 Å². The molecule has 1 saturated heterocycles. The second-order valence-corrected chi connectivity index (χ2v) is 8.62. The number of halogens is 2. The van der Waals surface area contributed by atoms with E-state index in [0.717, 1.165) is 47.7 Å². The van der Waals surface area contributed by atoms with E-state index in [1.165, 1.54) is 18.2 Å². The number of rotatable bonds is 6. The van der Waals surface area contributed by atoms with Crippen LogP contribution in [-0.2, 0) is 13.1 Å². The van der Waals surface area contributed by atoms with Crippen molar-refractivity contribution in [3.8, 4) is 0 Å². The van der Waals surface area contributed by atoms with Gasteiger partial charge in [-0.15, -0.1) is 0 Å². The first kappa shape index (κ1) is 21.5. The monoisotopic (exact) mass is 448 g/mol. The van der Waals surface area contributed by atoms with Gasteiger partial charge in [0.15, 0.2) is 5.65 Å². The van der Waals surface area contributed by atoms with Crippen molar-refractivity contribution in [1.29, 1.82) is 0 Å². The Morgan fingerprint density at radius 1 is 1.12 bits per heavy atom. The van der Waals surface area contributed by atoms with Crippen LogP contribution in [0.4, 0.5) is 14.6 Å². The lowest BCUT2D eigenvalue weighted by Gasteiger charge is -2.32. The van der Waals surface area contributed by atoms with Gasteiger partial charge in [0.2, 0.25) is 0 Å². The van der Waals surface area contributed by atoms with Crippen molar-refractivity contribution in [2.24, 2.45) is 0 Å². The predicted octanol–water partition coefficient (Wildman–Crippen LogP) is 4.70. The fourth-order valence-corrected chi connectivity index (χ4v) is 4.47. The van der Waals surface area contributed by atoms with Crippen molar-refractivity contribution < 1.29 is 8.78 Å². The Balaban J connectivity index is 1.39. The third-order valence-electron chi connectivity index (χ3n) is 6.23. The van der Waals surface area contributed by atoms with E-state index in [-0.39, 0.29) is 18.0 Å². The van der Waals surface area contributed by atoms with Gasteiger partial charge in [0, 0.05) is 55.1 Å². The fourth-order valence-electron chi connectivity index (χ4n) is 4.47. The van der Waals surface area contributed by atoms with Crippen molar-refractivity contribution in [2.75, 3.05) is 18.4 Å². The van der Waals surface area contributed by atoms with Crippen molar-refractivity contribution in [2.45, 2.75) is 38.8 Å². The zero-order valence-electron chi connectivity index (χ0n) is 18.5. The minimum atomic E-state index is -0.492. The van der Waals surface area contributed by atoms with Gasteiger partial charge in [-0.2, -0.15) is 9.61 Å². The maximum atomic E-state index is 14.2. The molecule has 3 aromatic heterocycles. The minimum Gasteiger partial charge on any atom is -0.366 e. The zero-order chi connectivity index (χ0) is 22.8. The average molecular weight is 449 g/mol. The molecule has 1 aliphatic rings. The van der Waals surface area contributed by atoms with Crippen LogP contribution in [0.3, 0.4) is 0 Å². The van der Waals surface area contributed by atoms with Gasteiger partial charge in [0.25, 0.3) is 0 Å². The molecule has 0 radical (unpaired) electrons. The van der Waals surface area contributed by atoms with E-state index in [2.05, 4.69) is 20.3 Å². The van der Waals surface area contributed by atoms with Gasteiger partial charge >= 0.3 is 0 Å². The molecule has 4 heterocycles. The number of piperidine rings is 1. The number of aryl methyl sites for hydroxylation is 1. The largest absolute Gasteiger partial charge is 0.366 e. The summed E-state index contributed by atoms with van der Waals surface area (Å²) in [5.74, 6) is 0.0536. The molecule has 33 heavy (non-hydrogen) atoms. The molecule has 0 aliphatic carbocycles. The number of pyridine rings is 1. The molecular formula is C25H26F2N6. The molecule has 1 aromatic carbocycles. The molecule has 4 aromatic rings. The predicted molar refractivity (Wildman–Crippen MR) is 123 cm³/mol. The van der Waals surface area contributed by atoms with Crippen LogP contribution in [0.15, 0.2) is 55.0 Å². The van der Waals surface area contributed by atoms with E-state index in [4.69, 9.17) is 4.98 Å². The summed E-state index contributed by atoms with van der Waals surface area (Å²) >= 11 is 0. The second-order valence-electron chi connectivity index (χ2n) is 8.62. The minimum absolute atomic E-state index is 0.132. The number of aromatic nitrogens is 4. The van der Waals surface area contributed by atoms with Gasteiger partial charge in [-0.25, -0.2) is 13.8 Å². The molecule has 1 fully saturated rings. The number of nitrogens with one attached hydrogen (secondary N) is 1. The van der Waals surface area contributed by atoms with Gasteiger partial charge in [0.1, 0.15) is 17.5 Å². The van der Waals surface area contributed by atoms with Gasteiger partial charge in [-0.05, 0) is 50.1 Å². The zero-order valence-corrected chi connectivity index (χ0v) is 18.5. The average Bonchev–Trinajstić information content (AvgIpc) is 3.21. The lowest BCUT2D eigenvalue weighted by Crippen LogP contribution is -2.34. The first-order valence-electron chi connectivity index (χ1n) is 11.2. The Bertz CT molecular complexity index is 1240. The summed E-state index contributed by atoms with van der Waals surface area (Å²) in [6.45, 7) is 4.39. The summed E-state index contributed by atoms with van der Waals surface area (Å²) in [4.78, 5) is 11.2. The maximum absolute atomic E-state index is 14.2. The molecule has 0 bridgehead atoms. The number of anilines is 1. The van der Waals surface area contributed by atoms with E-state index < -0.39 is 11.6 Å². The summed E-state index contributed by atoms with van der Waals surface area (Å²) < 4.78 is 30.2. The summed E-state index contributed by atoms with van der Waals surface area (Å²) in [7, 11) is 0. The van der Waals surface area contributed by atoms with Crippen molar-refractivity contribution in [1.82, 2.24) is 24.5 Å². The van der Waals surface area contributed by atoms with E-state index in [9.17, 15) is 8.78 Å². The normalized spacial score (nSPS) is 16.9. The first-order valence-corrected chi connectivity index (χ1v) is 11.2. The Labute approximate surface area is 191 Å². The molecule has 1 aliphatic heterocycles. The Morgan fingerprint density at radius 2 is 1.97 bits per heavy atom. The summed E-state index contributed by atoms with van der Waals surface area (Å²) in [6, 6.07) is 10.0. The molecule has 1 unspecified atom stereocenters. The van der Waals surface area contributed by atoms with E-state index in [1.807, 2.05) is 42.0 Å². The quantitative estimate of drug-likeness (QED) is 0.463. The molecule has 8 heteroatoms. The molecule has 0 spiro atoms. The van der Waals surface area contributed by atoms with Crippen LogP contribution in [0, 0.1) is 18.6 Å². The Morgan fingerprint density at radius 3 is 2.76 bits per heavy atom. The van der Waals surface area contributed by atoms with Crippen LogP contribution >= 0.6 is 0 Å². The third-order valence-corrected chi connectivity index (χ3v) is 6.23. The number of likely N-dealkylation sites (tertiary alicyclic amines) is 1. The van der Waals surface area contributed by atoms with Gasteiger partial charge in [0.05, 0.1) is 11.9 Å². The number of hydrogen-bond donors (Lipinski definition) is 1. The smallest absolute Gasteiger partial charge is 0.160 e. The Kier molecular flexibility index (Phi) is 6.00. The number of hydrogen-bond acceptors (Lipinski definition) is 5. The molecular weight excluding hydrogens is 422 g/mol. The number of benzene rings is 1. The van der Waals surface area contributed by atoms with Gasteiger partial charge < -0.3 is 5.32 Å². The second kappa shape index (κ2) is 9.23. The third kappa shape index (κ3) is 4.57. The van der Waals surface area contributed by atoms with Gasteiger partial charge in [-0.3, -0.25) is 9.88 Å². The van der Waals surface area contributed by atoms with Crippen LogP contribution in [0.5, 0.6) is 0 Å². The number of fused-ring (bicyclic) bond motifs is 1. The first-order chi connectivity index (χ1) is 16.1. The topological polar surface area (TPSA) is 58.4 Å². The maximum Gasteiger partial charge on any atom is 0.160 e. The summed E-state index contributed by atoms with van der Waals surface area (Å²) in [5, 5.41) is 7.96. The summed E-state index contributed by atoms with van der Waals surface area (Å²) in [5.41, 5.74) is 4.00. The molecule has 1 N–H and O–H groups in total. The fraction of sp³-hybridized carbons (Fsp3) is 0.320. The molecule has 0 saturated carbocycles. The van der Waals surface area contributed by atoms with E-state index in [0.29, 0.717) is 13.1 Å². The summed E-state index contributed by atoms with van der Waals surface area (Å²) in [6.07, 6.45) is 7.33. The molecule has 1 atom stereocenters. The van der Waals surface area contributed by atoms with Crippen molar-refractivity contribution in [3.63, 3.8) is 0 Å².